The number of aromatic nitrogens is 2. The van der Waals surface area contributed by atoms with Gasteiger partial charge in [-0.15, -0.1) is 0 Å². The van der Waals surface area contributed by atoms with Gasteiger partial charge >= 0.3 is 0 Å². The number of morpholine rings is 1. The average Bonchev–Trinajstić information content (AvgIpc) is 2.50. The zero-order valence-corrected chi connectivity index (χ0v) is 12.0. The van der Waals surface area contributed by atoms with Crippen molar-refractivity contribution in [3.05, 3.63) is 29.8 Å². The highest BCUT2D eigenvalue weighted by Gasteiger charge is 2.15. The van der Waals surface area contributed by atoms with Crippen LogP contribution < -0.4 is 16.4 Å². The smallest absolute Gasteiger partial charge is 0.222 e. The topological polar surface area (TPSA) is 90.3 Å². The van der Waals surface area contributed by atoms with Gasteiger partial charge in [0.05, 0.1) is 18.9 Å². The monoisotopic (exact) mass is 285 g/mol. The molecule has 3 rings (SSSR count). The van der Waals surface area contributed by atoms with Crippen LogP contribution in [0.5, 0.6) is 0 Å². The lowest BCUT2D eigenvalue weighted by atomic mass is 10.0. The Morgan fingerprint density at radius 1 is 1.10 bits per heavy atom. The lowest BCUT2D eigenvalue weighted by molar-refractivity contribution is 0.122. The van der Waals surface area contributed by atoms with E-state index in [1.54, 1.807) is 0 Å². The number of nitrogens with zero attached hydrogens (tertiary/aromatic N) is 3. The Hall–Kier alpha value is -2.34. The van der Waals surface area contributed by atoms with Crippen LogP contribution in [-0.4, -0.2) is 36.3 Å². The molecule has 1 saturated heterocycles. The first kappa shape index (κ1) is 13.6. The van der Waals surface area contributed by atoms with Gasteiger partial charge in [0.1, 0.15) is 5.82 Å². The maximum Gasteiger partial charge on any atom is 0.222 e. The van der Waals surface area contributed by atoms with Crippen molar-refractivity contribution in [2.24, 2.45) is 0 Å². The van der Waals surface area contributed by atoms with Crippen molar-refractivity contribution < 1.29 is 4.74 Å². The van der Waals surface area contributed by atoms with E-state index in [2.05, 4.69) is 14.9 Å². The number of rotatable bonds is 2. The molecule has 1 aromatic carbocycles. The number of benzene rings is 1. The van der Waals surface area contributed by atoms with E-state index in [4.69, 9.17) is 16.2 Å². The van der Waals surface area contributed by atoms with Gasteiger partial charge in [-0.25, -0.2) is 4.98 Å². The Morgan fingerprint density at radius 3 is 2.62 bits per heavy atom. The van der Waals surface area contributed by atoms with Gasteiger partial charge in [-0.1, -0.05) is 6.07 Å². The summed E-state index contributed by atoms with van der Waals surface area (Å²) in [6.45, 7) is 5.06. The largest absolute Gasteiger partial charge is 0.399 e. The summed E-state index contributed by atoms with van der Waals surface area (Å²) in [6, 6.07) is 7.74. The van der Waals surface area contributed by atoms with E-state index in [9.17, 15) is 0 Å². The fourth-order valence-electron chi connectivity index (χ4n) is 2.46. The quantitative estimate of drug-likeness (QED) is 0.812. The molecule has 0 amide bonds. The molecule has 0 atom stereocenters. The Morgan fingerprint density at radius 2 is 1.86 bits per heavy atom. The van der Waals surface area contributed by atoms with Crippen LogP contribution in [-0.2, 0) is 4.74 Å². The minimum absolute atomic E-state index is 0.274. The van der Waals surface area contributed by atoms with Gasteiger partial charge in [0.15, 0.2) is 0 Å². The number of anilines is 3. The third-order valence-electron chi connectivity index (χ3n) is 3.60. The minimum atomic E-state index is 0.274. The summed E-state index contributed by atoms with van der Waals surface area (Å²) in [7, 11) is 0. The van der Waals surface area contributed by atoms with Crippen LogP contribution in [0, 0.1) is 6.92 Å². The number of aryl methyl sites for hydroxylation is 1. The molecule has 0 bridgehead atoms. The van der Waals surface area contributed by atoms with Crippen LogP contribution in [0.15, 0.2) is 24.3 Å². The molecule has 0 unspecified atom stereocenters. The third-order valence-corrected chi connectivity index (χ3v) is 3.60. The zero-order chi connectivity index (χ0) is 14.8. The second-order valence-corrected chi connectivity index (χ2v) is 5.14. The van der Waals surface area contributed by atoms with Gasteiger partial charge in [-0.3, -0.25) is 0 Å². The summed E-state index contributed by atoms with van der Waals surface area (Å²) in [5, 5.41) is 0. The van der Waals surface area contributed by atoms with Crippen molar-refractivity contribution in [3.8, 4) is 11.3 Å². The van der Waals surface area contributed by atoms with Gasteiger partial charge in [0.2, 0.25) is 5.95 Å². The fourth-order valence-corrected chi connectivity index (χ4v) is 2.46. The highest BCUT2D eigenvalue weighted by Crippen LogP contribution is 2.27. The standard InChI is InChI=1S/C15H19N5O/c1-10-2-3-11(16)8-12(10)13-9-14(19-15(17)18-13)20-4-6-21-7-5-20/h2-3,8-9H,4-7,16H2,1H3,(H2,17,18,19). The molecule has 2 aromatic rings. The molecular formula is C15H19N5O. The van der Waals surface area contributed by atoms with Gasteiger partial charge < -0.3 is 21.1 Å². The second kappa shape index (κ2) is 5.57. The highest BCUT2D eigenvalue weighted by atomic mass is 16.5. The molecule has 0 spiro atoms. The lowest BCUT2D eigenvalue weighted by Gasteiger charge is -2.28. The fraction of sp³-hybridized carbons (Fsp3) is 0.333. The van der Waals surface area contributed by atoms with E-state index >= 15 is 0 Å². The Kier molecular flexibility index (Phi) is 3.62. The molecule has 1 fully saturated rings. The molecule has 21 heavy (non-hydrogen) atoms. The van der Waals surface area contributed by atoms with Crippen LogP contribution in [0.3, 0.4) is 0 Å². The van der Waals surface area contributed by atoms with Gasteiger partial charge in [0.25, 0.3) is 0 Å². The number of nitrogen functional groups attached to an aromatic ring is 2. The van der Waals surface area contributed by atoms with E-state index in [-0.39, 0.29) is 5.95 Å². The SMILES string of the molecule is Cc1ccc(N)cc1-c1cc(N2CCOCC2)nc(N)n1. The van der Waals surface area contributed by atoms with Crippen LogP contribution in [0.4, 0.5) is 17.5 Å². The van der Waals surface area contributed by atoms with E-state index < -0.39 is 0 Å². The van der Waals surface area contributed by atoms with Crippen molar-refractivity contribution in [1.82, 2.24) is 9.97 Å². The van der Waals surface area contributed by atoms with E-state index in [0.717, 1.165) is 35.7 Å². The number of hydrogen-bond donors (Lipinski definition) is 2. The Balaban J connectivity index is 2.02. The first-order chi connectivity index (χ1) is 10.1. The normalized spacial score (nSPS) is 15.2. The summed E-state index contributed by atoms with van der Waals surface area (Å²) in [5.41, 5.74) is 15.4. The van der Waals surface area contributed by atoms with Crippen LogP contribution >= 0.6 is 0 Å². The van der Waals surface area contributed by atoms with E-state index in [0.29, 0.717) is 18.9 Å². The van der Waals surface area contributed by atoms with Gasteiger partial charge in [-0.2, -0.15) is 4.98 Å². The average molecular weight is 285 g/mol. The minimum Gasteiger partial charge on any atom is -0.399 e. The molecule has 0 aliphatic carbocycles. The molecule has 1 aromatic heterocycles. The van der Waals surface area contributed by atoms with Crippen molar-refractivity contribution >= 4 is 17.5 Å². The lowest BCUT2D eigenvalue weighted by Crippen LogP contribution is -2.36. The molecule has 6 heteroatoms. The number of hydrogen-bond acceptors (Lipinski definition) is 6. The first-order valence-electron chi connectivity index (χ1n) is 6.97. The predicted molar refractivity (Wildman–Crippen MR) is 84.1 cm³/mol. The maximum atomic E-state index is 5.88. The maximum absolute atomic E-state index is 5.88. The zero-order valence-electron chi connectivity index (χ0n) is 12.0. The first-order valence-corrected chi connectivity index (χ1v) is 6.97. The van der Waals surface area contributed by atoms with Crippen LogP contribution in [0.1, 0.15) is 5.56 Å². The summed E-state index contributed by atoms with van der Waals surface area (Å²) in [6.07, 6.45) is 0. The molecule has 0 saturated carbocycles. The number of nitrogens with two attached hydrogens (primary N) is 2. The third kappa shape index (κ3) is 2.90. The summed E-state index contributed by atoms with van der Waals surface area (Å²) in [4.78, 5) is 10.9. The van der Waals surface area contributed by atoms with E-state index in [1.807, 2.05) is 31.2 Å². The summed E-state index contributed by atoms with van der Waals surface area (Å²) >= 11 is 0. The van der Waals surface area contributed by atoms with Crippen molar-refractivity contribution in [3.63, 3.8) is 0 Å². The summed E-state index contributed by atoms with van der Waals surface area (Å²) < 4.78 is 5.37. The van der Waals surface area contributed by atoms with Crippen molar-refractivity contribution in [2.45, 2.75) is 6.92 Å². The van der Waals surface area contributed by atoms with Crippen molar-refractivity contribution in [1.29, 1.82) is 0 Å². The highest BCUT2D eigenvalue weighted by molar-refractivity contribution is 5.70. The van der Waals surface area contributed by atoms with Gasteiger partial charge in [-0.05, 0) is 24.6 Å². The molecule has 1 aliphatic rings. The molecular weight excluding hydrogens is 266 g/mol. The summed E-state index contributed by atoms with van der Waals surface area (Å²) in [5.74, 6) is 1.11. The van der Waals surface area contributed by atoms with Crippen LogP contribution in [0.2, 0.25) is 0 Å². The molecule has 1 aliphatic heterocycles. The van der Waals surface area contributed by atoms with Crippen molar-refractivity contribution in [2.75, 3.05) is 42.7 Å². The Bertz CT molecular complexity index is 653. The second-order valence-electron chi connectivity index (χ2n) is 5.14. The van der Waals surface area contributed by atoms with E-state index in [1.165, 1.54) is 0 Å². The Labute approximate surface area is 123 Å². The van der Waals surface area contributed by atoms with Gasteiger partial charge in [0, 0.05) is 30.4 Å². The molecule has 4 N–H and O–H groups in total. The molecule has 6 nitrogen and oxygen atoms in total. The number of ether oxygens (including phenoxy) is 1. The van der Waals surface area contributed by atoms with Crippen LogP contribution in [0.25, 0.3) is 11.3 Å². The molecule has 110 valence electrons. The molecule has 0 radical (unpaired) electrons. The predicted octanol–water partition coefficient (Wildman–Crippen LogP) is 1.45. The molecule has 2 heterocycles.